The molecule has 9 nitrogen and oxygen atoms in total. The summed E-state index contributed by atoms with van der Waals surface area (Å²) in [6.07, 6.45) is 1.40. The van der Waals surface area contributed by atoms with Crippen molar-refractivity contribution in [3.63, 3.8) is 0 Å². The van der Waals surface area contributed by atoms with Gasteiger partial charge in [0.05, 0.1) is 5.56 Å². The van der Waals surface area contributed by atoms with Crippen LogP contribution in [0.4, 0.5) is 5.82 Å². The van der Waals surface area contributed by atoms with Gasteiger partial charge in [-0.3, -0.25) is 9.47 Å². The van der Waals surface area contributed by atoms with Crippen molar-refractivity contribution in [1.82, 2.24) is 14.5 Å². The van der Waals surface area contributed by atoms with E-state index in [9.17, 15) is 14.9 Å². The number of imidazole rings is 1. The highest BCUT2D eigenvalue weighted by Crippen LogP contribution is 2.23. The van der Waals surface area contributed by atoms with Crippen LogP contribution in [0.15, 0.2) is 54.7 Å². The third-order valence-electron chi connectivity index (χ3n) is 5.01. The molecular weight excluding hydrogens is 388 g/mol. The highest BCUT2D eigenvalue weighted by Gasteiger charge is 2.22. The van der Waals surface area contributed by atoms with Gasteiger partial charge in [-0.05, 0) is 33.7 Å². The third-order valence-corrected chi connectivity index (χ3v) is 5.01. The molecule has 0 aliphatic carbocycles. The molecule has 1 aliphatic heterocycles. The molecule has 0 fully saturated rings. The van der Waals surface area contributed by atoms with Crippen LogP contribution in [-0.2, 0) is 13.1 Å². The van der Waals surface area contributed by atoms with Gasteiger partial charge in [0.15, 0.2) is 0 Å². The van der Waals surface area contributed by atoms with Gasteiger partial charge in [-0.25, -0.2) is 4.79 Å². The van der Waals surface area contributed by atoms with E-state index in [2.05, 4.69) is 9.88 Å². The van der Waals surface area contributed by atoms with E-state index in [0.717, 1.165) is 16.7 Å². The standard InChI is InChI=1S/C21H20N4O5/c26-20(27)18-3-1-2-17(12-18)16-6-4-15(5-7-16)13-23-8-9-24-14-19(25(28)29)22-21(24)30-11-10-23/h1-7,12,14H,8-11,13H2,(H,26,27). The lowest BCUT2D eigenvalue weighted by Gasteiger charge is -2.24. The summed E-state index contributed by atoms with van der Waals surface area (Å²) >= 11 is 0. The Kier molecular flexibility index (Phi) is 5.44. The van der Waals surface area contributed by atoms with Crippen LogP contribution in [0.3, 0.4) is 0 Å². The van der Waals surface area contributed by atoms with Crippen LogP contribution in [0.25, 0.3) is 11.1 Å². The number of aromatic nitrogens is 2. The zero-order valence-electron chi connectivity index (χ0n) is 16.1. The molecule has 1 N–H and O–H groups in total. The monoisotopic (exact) mass is 408 g/mol. The molecule has 4 rings (SSSR count). The fraction of sp³-hybridized carbons (Fsp3) is 0.238. The first kappa shape index (κ1) is 19.6. The Morgan fingerprint density at radius 1 is 1.13 bits per heavy atom. The topological polar surface area (TPSA) is 111 Å². The molecule has 0 bridgehead atoms. The lowest BCUT2D eigenvalue weighted by Crippen LogP contribution is -2.33. The average Bonchev–Trinajstić information content (AvgIpc) is 3.13. The minimum atomic E-state index is -0.945. The first-order valence-electron chi connectivity index (χ1n) is 9.49. The number of rotatable bonds is 5. The van der Waals surface area contributed by atoms with Gasteiger partial charge in [0.2, 0.25) is 0 Å². The fourth-order valence-electron chi connectivity index (χ4n) is 3.43. The number of nitro groups is 1. The van der Waals surface area contributed by atoms with Gasteiger partial charge in [-0.15, -0.1) is 0 Å². The number of ether oxygens (including phenoxy) is 1. The predicted octanol–water partition coefficient (Wildman–Crippen LogP) is 3.05. The van der Waals surface area contributed by atoms with Crippen molar-refractivity contribution < 1.29 is 19.6 Å². The van der Waals surface area contributed by atoms with Crippen molar-refractivity contribution in [2.24, 2.45) is 0 Å². The van der Waals surface area contributed by atoms with E-state index in [-0.39, 0.29) is 17.4 Å². The predicted molar refractivity (Wildman–Crippen MR) is 108 cm³/mol. The van der Waals surface area contributed by atoms with Gasteiger partial charge in [-0.2, -0.15) is 0 Å². The number of carboxylic acid groups (broad SMARTS) is 1. The second-order valence-corrected chi connectivity index (χ2v) is 7.04. The molecule has 30 heavy (non-hydrogen) atoms. The van der Waals surface area contributed by atoms with Crippen molar-refractivity contribution in [2.45, 2.75) is 13.1 Å². The first-order valence-corrected chi connectivity index (χ1v) is 9.49. The van der Waals surface area contributed by atoms with Gasteiger partial charge in [-0.1, -0.05) is 36.4 Å². The number of fused-ring (bicyclic) bond motifs is 1. The maximum Gasteiger partial charge on any atom is 0.414 e. The summed E-state index contributed by atoms with van der Waals surface area (Å²) in [4.78, 5) is 27.7. The Bertz CT molecular complexity index is 1080. The Balaban J connectivity index is 1.42. The summed E-state index contributed by atoms with van der Waals surface area (Å²) in [7, 11) is 0. The van der Waals surface area contributed by atoms with Crippen molar-refractivity contribution in [1.29, 1.82) is 0 Å². The SMILES string of the molecule is O=C(O)c1cccc(-c2ccc(CN3CCOc4nc([N+](=O)[O-])cn4CC3)cc2)c1. The number of hydrogen-bond acceptors (Lipinski definition) is 6. The largest absolute Gasteiger partial charge is 0.478 e. The molecule has 1 aliphatic rings. The smallest absolute Gasteiger partial charge is 0.414 e. The minimum Gasteiger partial charge on any atom is -0.478 e. The first-order chi connectivity index (χ1) is 14.5. The van der Waals surface area contributed by atoms with E-state index >= 15 is 0 Å². The zero-order valence-corrected chi connectivity index (χ0v) is 16.1. The minimum absolute atomic E-state index is 0.207. The Labute approximate surface area is 172 Å². The number of benzene rings is 2. The molecule has 154 valence electrons. The average molecular weight is 408 g/mol. The number of hydrogen-bond donors (Lipinski definition) is 1. The van der Waals surface area contributed by atoms with Crippen molar-refractivity contribution in [3.05, 3.63) is 76.0 Å². The van der Waals surface area contributed by atoms with E-state index in [4.69, 9.17) is 9.84 Å². The molecule has 2 aromatic carbocycles. The second kappa shape index (κ2) is 8.34. The highest BCUT2D eigenvalue weighted by molar-refractivity contribution is 5.89. The van der Waals surface area contributed by atoms with Gasteiger partial charge in [0.25, 0.3) is 0 Å². The Morgan fingerprint density at radius 2 is 1.93 bits per heavy atom. The maximum absolute atomic E-state index is 11.2. The van der Waals surface area contributed by atoms with E-state index in [1.165, 1.54) is 6.20 Å². The molecule has 1 aromatic heterocycles. The molecule has 0 unspecified atom stereocenters. The van der Waals surface area contributed by atoms with Crippen LogP contribution in [0.2, 0.25) is 0 Å². The van der Waals surface area contributed by atoms with Gasteiger partial charge >= 0.3 is 17.8 Å². The Morgan fingerprint density at radius 3 is 2.67 bits per heavy atom. The molecule has 0 amide bonds. The molecule has 0 atom stereocenters. The van der Waals surface area contributed by atoms with Crippen molar-refractivity contribution in [2.75, 3.05) is 19.7 Å². The number of nitrogens with zero attached hydrogens (tertiary/aromatic N) is 4. The molecule has 0 spiro atoms. The molecular formula is C21H20N4O5. The quantitative estimate of drug-likeness (QED) is 0.510. The maximum atomic E-state index is 11.2. The van der Waals surface area contributed by atoms with Gasteiger partial charge in [0.1, 0.15) is 12.8 Å². The van der Waals surface area contributed by atoms with Crippen LogP contribution in [0, 0.1) is 10.1 Å². The van der Waals surface area contributed by atoms with Gasteiger partial charge < -0.3 is 20.0 Å². The summed E-state index contributed by atoms with van der Waals surface area (Å²) in [5.41, 5.74) is 3.19. The Hall–Kier alpha value is -3.72. The summed E-state index contributed by atoms with van der Waals surface area (Å²) in [6, 6.07) is 15.2. The van der Waals surface area contributed by atoms with Crippen LogP contribution >= 0.6 is 0 Å². The molecule has 0 saturated heterocycles. The summed E-state index contributed by atoms with van der Waals surface area (Å²) in [6.45, 7) is 3.06. The van der Waals surface area contributed by atoms with E-state index in [1.807, 2.05) is 30.3 Å². The van der Waals surface area contributed by atoms with Crippen molar-refractivity contribution >= 4 is 11.8 Å². The summed E-state index contributed by atoms with van der Waals surface area (Å²) in [5.74, 6) is -1.15. The van der Waals surface area contributed by atoms with Crippen molar-refractivity contribution in [3.8, 4) is 17.1 Å². The lowest BCUT2D eigenvalue weighted by atomic mass is 10.0. The summed E-state index contributed by atoms with van der Waals surface area (Å²) in [5, 5.41) is 20.1. The van der Waals surface area contributed by atoms with E-state index in [1.54, 1.807) is 22.8 Å². The van der Waals surface area contributed by atoms with E-state index in [0.29, 0.717) is 32.8 Å². The molecule has 0 radical (unpaired) electrons. The molecule has 0 saturated carbocycles. The second-order valence-electron chi connectivity index (χ2n) is 7.04. The van der Waals surface area contributed by atoms with Crippen LogP contribution in [0.5, 0.6) is 6.01 Å². The zero-order chi connectivity index (χ0) is 21.1. The highest BCUT2D eigenvalue weighted by atomic mass is 16.6. The van der Waals surface area contributed by atoms with E-state index < -0.39 is 10.9 Å². The van der Waals surface area contributed by atoms with Crippen LogP contribution < -0.4 is 4.74 Å². The molecule has 3 aromatic rings. The van der Waals surface area contributed by atoms with Crippen LogP contribution in [0.1, 0.15) is 15.9 Å². The lowest BCUT2D eigenvalue weighted by molar-refractivity contribution is -0.389. The normalized spacial score (nSPS) is 14.3. The number of carboxylic acids is 1. The fourth-order valence-corrected chi connectivity index (χ4v) is 3.43. The number of carbonyl (C=O) groups is 1. The van der Waals surface area contributed by atoms with Gasteiger partial charge in [0, 0.05) is 31.2 Å². The molecule has 9 heteroatoms. The number of aromatic carboxylic acids is 1. The third kappa shape index (κ3) is 4.31. The molecule has 2 heterocycles. The summed E-state index contributed by atoms with van der Waals surface area (Å²) < 4.78 is 7.26. The van der Waals surface area contributed by atoms with Crippen LogP contribution in [-0.4, -0.2) is 50.1 Å².